The fourth-order valence-electron chi connectivity index (χ4n) is 2.34. The van der Waals surface area contributed by atoms with Crippen molar-refractivity contribution in [2.75, 3.05) is 5.32 Å². The molecule has 1 aromatic rings. The van der Waals surface area contributed by atoms with Crippen molar-refractivity contribution in [2.24, 2.45) is 10.7 Å². The molecule has 3 N–H and O–H groups in total. The maximum Gasteiger partial charge on any atom is 0.432 e. The van der Waals surface area contributed by atoms with Gasteiger partial charge < -0.3 is 10.5 Å². The van der Waals surface area contributed by atoms with Crippen LogP contribution in [0.3, 0.4) is 0 Å². The monoisotopic (exact) mass is 392 g/mol. The second-order valence-electron chi connectivity index (χ2n) is 5.78. The third-order valence-electron chi connectivity index (χ3n) is 3.80. The summed E-state index contributed by atoms with van der Waals surface area (Å²) in [4.78, 5) is 18.7. The number of ether oxygens (including phenoxy) is 1. The zero-order valence-electron chi connectivity index (χ0n) is 14.3. The molecule has 1 aliphatic rings. The SMILES string of the molecule is CCC(C)N=C(/C=C(\N)c1ccnc2c1C(C(F)F)OC(=O)N2)C(F)(F)F. The summed E-state index contributed by atoms with van der Waals surface area (Å²) in [5, 5.41) is 2.12. The van der Waals surface area contributed by atoms with E-state index in [0.717, 1.165) is 12.3 Å². The molecular weight excluding hydrogens is 375 g/mol. The second-order valence-corrected chi connectivity index (χ2v) is 5.78. The Labute approximate surface area is 151 Å². The number of hydrogen-bond donors (Lipinski definition) is 2. The molecule has 0 radical (unpaired) electrons. The first-order valence-corrected chi connectivity index (χ1v) is 7.91. The molecule has 0 bridgehead atoms. The van der Waals surface area contributed by atoms with E-state index in [1.165, 1.54) is 6.92 Å². The summed E-state index contributed by atoms with van der Waals surface area (Å²) >= 11 is 0. The molecule has 0 aromatic carbocycles. The van der Waals surface area contributed by atoms with Crippen molar-refractivity contribution in [1.82, 2.24) is 4.98 Å². The molecular formula is C16H17F5N4O2. The predicted octanol–water partition coefficient (Wildman–Crippen LogP) is 4.05. The lowest BCUT2D eigenvalue weighted by Gasteiger charge is -2.27. The van der Waals surface area contributed by atoms with E-state index < -0.39 is 42.2 Å². The molecule has 0 saturated heterocycles. The first-order valence-electron chi connectivity index (χ1n) is 7.91. The number of nitrogens with zero attached hydrogens (tertiary/aromatic N) is 2. The zero-order valence-corrected chi connectivity index (χ0v) is 14.3. The lowest BCUT2D eigenvalue weighted by molar-refractivity contribution is -0.0580. The van der Waals surface area contributed by atoms with Crippen LogP contribution in [0.4, 0.5) is 32.6 Å². The average molecular weight is 392 g/mol. The van der Waals surface area contributed by atoms with Gasteiger partial charge in [-0.15, -0.1) is 0 Å². The fraction of sp³-hybridized carbons (Fsp3) is 0.438. The number of nitrogens with two attached hydrogens (primary N) is 1. The van der Waals surface area contributed by atoms with E-state index in [2.05, 4.69) is 20.0 Å². The van der Waals surface area contributed by atoms with Gasteiger partial charge >= 0.3 is 12.3 Å². The highest BCUT2D eigenvalue weighted by Gasteiger charge is 2.38. The van der Waals surface area contributed by atoms with Gasteiger partial charge in [0.25, 0.3) is 6.43 Å². The number of fused-ring (bicyclic) bond motifs is 1. The Morgan fingerprint density at radius 2 is 2.15 bits per heavy atom. The molecule has 1 amide bonds. The Kier molecular flexibility index (Phi) is 6.01. The average Bonchev–Trinajstić information content (AvgIpc) is 2.58. The quantitative estimate of drug-likeness (QED) is 0.584. The standard InChI is InChI=1S/C16H17F5N4O2/c1-3-7(2)24-10(16(19,20)21)6-9(22)8-4-5-23-14-11(8)12(13(17)18)27-15(26)25-14/h4-7,12-13H,3,22H2,1-2H3,(H,23,25,26)/b9-6-,24-10?. The molecule has 0 spiro atoms. The topological polar surface area (TPSA) is 89.6 Å². The predicted molar refractivity (Wildman–Crippen MR) is 88.5 cm³/mol. The van der Waals surface area contributed by atoms with Crippen molar-refractivity contribution in [1.29, 1.82) is 0 Å². The van der Waals surface area contributed by atoms with Gasteiger partial charge in [0.1, 0.15) is 11.5 Å². The molecule has 1 aromatic heterocycles. The number of alkyl halides is 5. The van der Waals surface area contributed by atoms with Crippen LogP contribution in [0.1, 0.15) is 37.5 Å². The zero-order chi connectivity index (χ0) is 20.4. The number of allylic oxidation sites excluding steroid dienone is 1. The maximum atomic E-state index is 13.3. The number of rotatable bonds is 5. The number of carbonyl (C=O) groups excluding carboxylic acids is 1. The van der Waals surface area contributed by atoms with E-state index in [-0.39, 0.29) is 16.9 Å². The lowest BCUT2D eigenvalue weighted by atomic mass is 9.99. The number of amides is 1. The van der Waals surface area contributed by atoms with Crippen molar-refractivity contribution in [3.63, 3.8) is 0 Å². The Hall–Kier alpha value is -2.72. The van der Waals surface area contributed by atoms with Crippen molar-refractivity contribution < 1.29 is 31.5 Å². The van der Waals surface area contributed by atoms with Crippen LogP contribution in [0.25, 0.3) is 5.70 Å². The third-order valence-corrected chi connectivity index (χ3v) is 3.80. The van der Waals surface area contributed by atoms with Crippen LogP contribution in [-0.4, -0.2) is 35.4 Å². The third kappa shape index (κ3) is 4.72. The van der Waals surface area contributed by atoms with E-state index in [1.807, 2.05) is 0 Å². The fourth-order valence-corrected chi connectivity index (χ4v) is 2.34. The van der Waals surface area contributed by atoms with Crippen LogP contribution in [0, 0.1) is 0 Å². The van der Waals surface area contributed by atoms with Crippen molar-refractivity contribution in [2.45, 2.75) is 45.0 Å². The minimum atomic E-state index is -4.78. The summed E-state index contributed by atoms with van der Waals surface area (Å²) in [5.74, 6) is -0.252. The van der Waals surface area contributed by atoms with Crippen LogP contribution in [0.2, 0.25) is 0 Å². The summed E-state index contributed by atoms with van der Waals surface area (Å²) in [5.41, 5.74) is 3.61. The van der Waals surface area contributed by atoms with Crippen LogP contribution in [0.5, 0.6) is 0 Å². The van der Waals surface area contributed by atoms with E-state index >= 15 is 0 Å². The second kappa shape index (κ2) is 7.89. The van der Waals surface area contributed by atoms with Crippen LogP contribution >= 0.6 is 0 Å². The first-order chi connectivity index (χ1) is 12.5. The normalized spacial score (nSPS) is 19.4. The highest BCUT2D eigenvalue weighted by molar-refractivity contribution is 6.04. The summed E-state index contributed by atoms with van der Waals surface area (Å²) in [7, 11) is 0. The number of cyclic esters (lactones) is 1. The van der Waals surface area contributed by atoms with Crippen molar-refractivity contribution in [3.05, 3.63) is 29.5 Å². The Bertz CT molecular complexity index is 777. The van der Waals surface area contributed by atoms with E-state index in [4.69, 9.17) is 5.73 Å². The molecule has 2 atom stereocenters. The van der Waals surface area contributed by atoms with Gasteiger partial charge in [-0.3, -0.25) is 10.3 Å². The Balaban J connectivity index is 2.57. The van der Waals surface area contributed by atoms with Gasteiger partial charge in [0, 0.05) is 23.5 Å². The van der Waals surface area contributed by atoms with E-state index in [9.17, 15) is 26.7 Å². The molecule has 0 saturated carbocycles. The Morgan fingerprint density at radius 1 is 1.48 bits per heavy atom. The van der Waals surface area contributed by atoms with Crippen LogP contribution in [0.15, 0.2) is 23.3 Å². The number of hydrogen-bond acceptors (Lipinski definition) is 5. The van der Waals surface area contributed by atoms with Gasteiger partial charge in [-0.25, -0.2) is 18.6 Å². The first kappa shape index (κ1) is 20.6. The summed E-state index contributed by atoms with van der Waals surface area (Å²) in [6.07, 6.45) is -9.00. The van der Waals surface area contributed by atoms with E-state index in [1.54, 1.807) is 6.92 Å². The smallest absolute Gasteiger partial charge is 0.432 e. The number of pyridine rings is 1. The number of aromatic nitrogens is 1. The number of carbonyl (C=O) groups is 1. The molecule has 6 nitrogen and oxygen atoms in total. The number of halogens is 5. The lowest BCUT2D eigenvalue weighted by Crippen LogP contribution is -2.30. The highest BCUT2D eigenvalue weighted by Crippen LogP contribution is 2.37. The summed E-state index contributed by atoms with van der Waals surface area (Å²) in [6.45, 7) is 3.17. The number of nitrogens with one attached hydrogen (secondary N) is 1. The van der Waals surface area contributed by atoms with Gasteiger partial charge in [0.15, 0.2) is 6.10 Å². The van der Waals surface area contributed by atoms with Gasteiger partial charge in [-0.2, -0.15) is 13.2 Å². The number of aliphatic imine (C=N–C) groups is 1. The van der Waals surface area contributed by atoms with Crippen LogP contribution < -0.4 is 11.1 Å². The minimum absolute atomic E-state index is 0.161. The summed E-state index contributed by atoms with van der Waals surface area (Å²) in [6, 6.07) is 0.548. The van der Waals surface area contributed by atoms with Crippen molar-refractivity contribution in [3.8, 4) is 0 Å². The molecule has 27 heavy (non-hydrogen) atoms. The van der Waals surface area contributed by atoms with Gasteiger partial charge in [0.05, 0.1) is 5.56 Å². The molecule has 2 unspecified atom stereocenters. The largest absolute Gasteiger partial charge is 0.435 e. The highest BCUT2D eigenvalue weighted by atomic mass is 19.4. The minimum Gasteiger partial charge on any atom is -0.435 e. The maximum absolute atomic E-state index is 13.3. The molecule has 2 rings (SSSR count). The van der Waals surface area contributed by atoms with Crippen LogP contribution in [-0.2, 0) is 4.74 Å². The van der Waals surface area contributed by atoms with Gasteiger partial charge in [-0.05, 0) is 25.5 Å². The van der Waals surface area contributed by atoms with Gasteiger partial charge in [0.2, 0.25) is 0 Å². The molecule has 0 fully saturated rings. The number of anilines is 1. The Morgan fingerprint density at radius 3 is 2.70 bits per heavy atom. The summed E-state index contributed by atoms with van der Waals surface area (Å²) < 4.78 is 70.9. The molecule has 1 aliphatic heterocycles. The molecule has 0 aliphatic carbocycles. The molecule has 148 valence electrons. The molecule has 11 heteroatoms. The van der Waals surface area contributed by atoms with E-state index in [0.29, 0.717) is 12.5 Å². The van der Waals surface area contributed by atoms with Crippen molar-refractivity contribution >= 4 is 23.3 Å². The van der Waals surface area contributed by atoms with Gasteiger partial charge in [-0.1, -0.05) is 6.92 Å². The molecule has 2 heterocycles.